The second-order valence-electron chi connectivity index (χ2n) is 2.77. The number of terminal acetylenes is 1. The maximum absolute atomic E-state index is 5.73. The second-order valence-corrected chi connectivity index (χ2v) is 2.77. The van der Waals surface area contributed by atoms with Crippen molar-refractivity contribution in [2.75, 3.05) is 5.32 Å². The maximum atomic E-state index is 5.73. The van der Waals surface area contributed by atoms with Crippen LogP contribution in [0.1, 0.15) is 5.56 Å². The molecule has 2 rings (SSSR count). The fourth-order valence-electron chi connectivity index (χ4n) is 1.30. The van der Waals surface area contributed by atoms with Gasteiger partial charge in [-0.1, -0.05) is 18.1 Å². The van der Waals surface area contributed by atoms with Gasteiger partial charge in [-0.05, 0) is 12.1 Å². The Hall–Kier alpha value is -1.66. The zero-order valence-corrected chi connectivity index (χ0v) is 8.21. The average molecular weight is 208 g/mol. The summed E-state index contributed by atoms with van der Waals surface area (Å²) >= 11 is 0. The Balaban J connectivity index is 0.000000980. The zero-order valence-electron chi connectivity index (χ0n) is 7.40. The van der Waals surface area contributed by atoms with E-state index in [9.17, 15) is 0 Å². The van der Waals surface area contributed by atoms with Gasteiger partial charge in [-0.2, -0.15) is 0 Å². The molecule has 0 fully saturated rings. The Morgan fingerprint density at radius 3 is 2.86 bits per heavy atom. The molecular formula is C10H10ClN3. The lowest BCUT2D eigenvalue weighted by Crippen LogP contribution is -2.28. The van der Waals surface area contributed by atoms with E-state index in [-0.39, 0.29) is 18.6 Å². The van der Waals surface area contributed by atoms with Gasteiger partial charge in [0.05, 0.1) is 0 Å². The number of benzene rings is 1. The Kier molecular flexibility index (Phi) is 3.00. The molecule has 0 aliphatic carbocycles. The van der Waals surface area contributed by atoms with Crippen molar-refractivity contribution in [3.05, 3.63) is 29.8 Å². The van der Waals surface area contributed by atoms with Gasteiger partial charge in [0, 0.05) is 11.3 Å². The third-order valence-electron chi connectivity index (χ3n) is 1.92. The molecule has 0 saturated carbocycles. The van der Waals surface area contributed by atoms with Crippen LogP contribution in [0.3, 0.4) is 0 Å². The van der Waals surface area contributed by atoms with Gasteiger partial charge in [-0.25, -0.2) is 4.99 Å². The van der Waals surface area contributed by atoms with Gasteiger partial charge in [-0.3, -0.25) is 0 Å². The van der Waals surface area contributed by atoms with Gasteiger partial charge >= 0.3 is 0 Å². The molecule has 1 heterocycles. The molecule has 14 heavy (non-hydrogen) atoms. The molecular weight excluding hydrogens is 198 g/mol. The van der Waals surface area contributed by atoms with Crippen LogP contribution in [0.4, 0.5) is 5.69 Å². The molecule has 4 heteroatoms. The molecule has 72 valence electrons. The Morgan fingerprint density at radius 2 is 2.14 bits per heavy atom. The van der Waals surface area contributed by atoms with E-state index in [1.807, 2.05) is 24.3 Å². The minimum absolute atomic E-state index is 0. The van der Waals surface area contributed by atoms with Crippen molar-refractivity contribution in [3.8, 4) is 12.3 Å². The standard InChI is InChI=1S/C10H9N3.ClH/c1-2-9-12-8-6-4-3-5-7(8)10(11)13-9;/h1,3-6,9,12H,(H2,11,13);1H. The number of hydrogen-bond acceptors (Lipinski definition) is 3. The lowest BCUT2D eigenvalue weighted by molar-refractivity contribution is 0.956. The first-order chi connectivity index (χ1) is 6.31. The van der Waals surface area contributed by atoms with E-state index in [0.29, 0.717) is 5.84 Å². The molecule has 1 aromatic carbocycles. The number of aliphatic imine (C=N–C) groups is 1. The lowest BCUT2D eigenvalue weighted by atomic mass is 10.1. The number of rotatable bonds is 0. The second kappa shape index (κ2) is 4.03. The molecule has 0 amide bonds. The minimum atomic E-state index is -0.338. The predicted molar refractivity (Wildman–Crippen MR) is 60.7 cm³/mol. The van der Waals surface area contributed by atoms with Crippen LogP contribution in [-0.4, -0.2) is 12.0 Å². The number of hydrogen-bond donors (Lipinski definition) is 2. The van der Waals surface area contributed by atoms with E-state index in [4.69, 9.17) is 12.2 Å². The van der Waals surface area contributed by atoms with Crippen molar-refractivity contribution in [1.82, 2.24) is 0 Å². The lowest BCUT2D eigenvalue weighted by Gasteiger charge is -2.19. The molecule has 0 radical (unpaired) electrons. The van der Waals surface area contributed by atoms with E-state index >= 15 is 0 Å². The maximum Gasteiger partial charge on any atom is 0.183 e. The van der Waals surface area contributed by atoms with Crippen molar-refractivity contribution in [2.45, 2.75) is 6.17 Å². The highest BCUT2D eigenvalue weighted by molar-refractivity contribution is 6.04. The van der Waals surface area contributed by atoms with Crippen LogP contribution in [0.2, 0.25) is 0 Å². The van der Waals surface area contributed by atoms with Gasteiger partial charge in [-0.15, -0.1) is 18.8 Å². The largest absolute Gasteiger partial charge is 0.383 e. The summed E-state index contributed by atoms with van der Waals surface area (Å²) < 4.78 is 0. The molecule has 3 N–H and O–H groups in total. The molecule has 0 spiro atoms. The molecule has 1 unspecified atom stereocenters. The number of fused-ring (bicyclic) bond motifs is 1. The number of amidine groups is 1. The van der Waals surface area contributed by atoms with E-state index in [0.717, 1.165) is 11.3 Å². The summed E-state index contributed by atoms with van der Waals surface area (Å²) in [6.45, 7) is 0. The number of nitrogens with one attached hydrogen (secondary N) is 1. The third-order valence-corrected chi connectivity index (χ3v) is 1.92. The number of halogens is 1. The van der Waals surface area contributed by atoms with Crippen molar-refractivity contribution in [2.24, 2.45) is 10.7 Å². The van der Waals surface area contributed by atoms with Crippen molar-refractivity contribution in [1.29, 1.82) is 0 Å². The predicted octanol–water partition coefficient (Wildman–Crippen LogP) is 1.20. The average Bonchev–Trinajstić information content (AvgIpc) is 2.18. The van der Waals surface area contributed by atoms with Gasteiger partial charge in [0.1, 0.15) is 5.84 Å². The minimum Gasteiger partial charge on any atom is -0.383 e. The summed E-state index contributed by atoms with van der Waals surface area (Å²) in [7, 11) is 0. The van der Waals surface area contributed by atoms with Crippen LogP contribution < -0.4 is 11.1 Å². The van der Waals surface area contributed by atoms with E-state index < -0.39 is 0 Å². The van der Waals surface area contributed by atoms with Crippen molar-refractivity contribution < 1.29 is 0 Å². The SMILES string of the molecule is C#CC1N=C(N)c2ccccc2N1.Cl. The van der Waals surface area contributed by atoms with Crippen LogP contribution in [0, 0.1) is 12.3 Å². The zero-order chi connectivity index (χ0) is 9.26. The Bertz CT molecular complexity index is 406. The quantitative estimate of drug-likeness (QED) is 0.628. The summed E-state index contributed by atoms with van der Waals surface area (Å²) in [5.74, 6) is 2.99. The van der Waals surface area contributed by atoms with Gasteiger partial charge in [0.2, 0.25) is 0 Å². The van der Waals surface area contributed by atoms with E-state index in [1.54, 1.807) is 0 Å². The number of nitrogens with zero attached hydrogens (tertiary/aromatic N) is 1. The monoisotopic (exact) mass is 207 g/mol. The molecule has 0 saturated heterocycles. The summed E-state index contributed by atoms with van der Waals surface area (Å²) in [6.07, 6.45) is 4.91. The van der Waals surface area contributed by atoms with Crippen molar-refractivity contribution in [3.63, 3.8) is 0 Å². The molecule has 1 aromatic rings. The first-order valence-corrected chi connectivity index (χ1v) is 3.96. The molecule has 0 bridgehead atoms. The number of nitrogens with two attached hydrogens (primary N) is 1. The Labute approximate surface area is 88.8 Å². The molecule has 1 atom stereocenters. The van der Waals surface area contributed by atoms with Crippen LogP contribution in [0.5, 0.6) is 0 Å². The summed E-state index contributed by atoms with van der Waals surface area (Å²) in [6, 6.07) is 7.69. The first-order valence-electron chi connectivity index (χ1n) is 3.96. The Morgan fingerprint density at radius 1 is 1.43 bits per heavy atom. The molecule has 3 nitrogen and oxygen atoms in total. The molecule has 1 aliphatic rings. The molecule has 0 aromatic heterocycles. The molecule has 1 aliphatic heterocycles. The normalized spacial score (nSPS) is 17.9. The van der Waals surface area contributed by atoms with E-state index in [2.05, 4.69) is 16.2 Å². The highest BCUT2D eigenvalue weighted by Crippen LogP contribution is 2.19. The fourth-order valence-corrected chi connectivity index (χ4v) is 1.30. The highest BCUT2D eigenvalue weighted by Gasteiger charge is 2.15. The number of anilines is 1. The van der Waals surface area contributed by atoms with Gasteiger partial charge < -0.3 is 11.1 Å². The third kappa shape index (κ3) is 1.66. The first kappa shape index (κ1) is 10.4. The van der Waals surface area contributed by atoms with E-state index in [1.165, 1.54) is 0 Å². The highest BCUT2D eigenvalue weighted by atomic mass is 35.5. The summed E-state index contributed by atoms with van der Waals surface area (Å²) in [5.41, 5.74) is 7.58. The van der Waals surface area contributed by atoms with Crippen LogP contribution >= 0.6 is 12.4 Å². The van der Waals surface area contributed by atoms with Crippen LogP contribution in [0.15, 0.2) is 29.3 Å². The fraction of sp³-hybridized carbons (Fsp3) is 0.100. The van der Waals surface area contributed by atoms with Gasteiger partial charge in [0.25, 0.3) is 0 Å². The van der Waals surface area contributed by atoms with Gasteiger partial charge in [0.15, 0.2) is 6.17 Å². The smallest absolute Gasteiger partial charge is 0.183 e. The summed E-state index contributed by atoms with van der Waals surface area (Å²) in [4.78, 5) is 4.09. The topological polar surface area (TPSA) is 50.4 Å². The summed E-state index contributed by atoms with van der Waals surface area (Å²) in [5, 5.41) is 3.07. The van der Waals surface area contributed by atoms with Crippen LogP contribution in [0.25, 0.3) is 0 Å². The number of para-hydroxylation sites is 1. The van der Waals surface area contributed by atoms with Crippen LogP contribution in [-0.2, 0) is 0 Å². The van der Waals surface area contributed by atoms with Crippen molar-refractivity contribution >= 4 is 23.9 Å².